The molecule has 0 bridgehead atoms. The van der Waals surface area contributed by atoms with Crippen LogP contribution in [0.3, 0.4) is 0 Å². The van der Waals surface area contributed by atoms with Gasteiger partial charge in [-0.25, -0.2) is 9.59 Å². The molecule has 0 radical (unpaired) electrons. The molecule has 2 saturated heterocycles. The first-order chi connectivity index (χ1) is 18.5. The maximum absolute atomic E-state index is 12.7. The van der Waals surface area contributed by atoms with Crippen molar-refractivity contribution >= 4 is 17.8 Å². The number of aromatic nitrogens is 2. The summed E-state index contributed by atoms with van der Waals surface area (Å²) in [6.45, 7) is 10.4. The van der Waals surface area contributed by atoms with E-state index in [4.69, 9.17) is 11.5 Å². The van der Waals surface area contributed by atoms with Crippen molar-refractivity contribution in [2.24, 2.45) is 29.2 Å². The molecule has 210 valence electrons. The number of nitrogens with two attached hydrogens (primary N) is 2. The molecule has 1 saturated carbocycles. The van der Waals surface area contributed by atoms with Gasteiger partial charge in [-0.15, -0.1) is 0 Å². The smallest absolute Gasteiger partial charge is 0.338 e. The fourth-order valence-electron chi connectivity index (χ4n) is 6.11. The van der Waals surface area contributed by atoms with Gasteiger partial charge in [0.2, 0.25) is 5.91 Å². The van der Waals surface area contributed by atoms with Crippen molar-refractivity contribution in [2.45, 2.75) is 38.8 Å². The molecule has 39 heavy (non-hydrogen) atoms. The van der Waals surface area contributed by atoms with Crippen LogP contribution >= 0.6 is 0 Å². The first kappa shape index (κ1) is 27.3. The number of nitrogens with one attached hydrogen (secondary N) is 1. The Kier molecular flexibility index (Phi) is 7.49. The Labute approximate surface area is 229 Å². The number of hydrogen-bond acceptors (Lipinski definition) is 7. The van der Waals surface area contributed by atoms with Crippen LogP contribution < -0.4 is 22.5 Å². The summed E-state index contributed by atoms with van der Waals surface area (Å²) in [7, 11) is 0. The molecule has 4 atom stereocenters. The lowest BCUT2D eigenvalue weighted by atomic mass is 10.1. The van der Waals surface area contributed by atoms with Crippen molar-refractivity contribution in [3.63, 3.8) is 0 Å². The Morgan fingerprint density at radius 2 is 1.67 bits per heavy atom. The summed E-state index contributed by atoms with van der Waals surface area (Å²) in [5.41, 5.74) is 12.5. The van der Waals surface area contributed by atoms with Crippen LogP contribution in [-0.4, -0.2) is 93.6 Å². The number of piperazine rings is 1. The zero-order valence-electron chi connectivity index (χ0n) is 23.0. The highest BCUT2D eigenvalue weighted by atomic mass is 16.2. The average Bonchev–Trinajstić information content (AvgIpc) is 3.42. The fraction of sp³-hybridized carbons (Fsp3) is 0.571. The number of anilines is 1. The summed E-state index contributed by atoms with van der Waals surface area (Å²) >= 11 is 0. The summed E-state index contributed by atoms with van der Waals surface area (Å²) in [5.74, 6) is 2.33. The van der Waals surface area contributed by atoms with Crippen LogP contribution in [0.2, 0.25) is 0 Å². The highest BCUT2D eigenvalue weighted by Gasteiger charge is 2.56. The SMILES string of the molecule is CC(N)[C@H]1[C@@H]2CN(CCc3ccc(-n4ccc(NC(=O)N5CCN(C(=O)C(C)(C)N)CC5)nc4=O)cc3)C[C@@H]21. The second-order valence-electron chi connectivity index (χ2n) is 11.8. The number of rotatable bonds is 7. The third-order valence-corrected chi connectivity index (χ3v) is 8.32. The van der Waals surface area contributed by atoms with Crippen molar-refractivity contribution in [2.75, 3.05) is 51.1 Å². The Morgan fingerprint density at radius 1 is 1.05 bits per heavy atom. The van der Waals surface area contributed by atoms with Crippen molar-refractivity contribution in [1.29, 1.82) is 0 Å². The van der Waals surface area contributed by atoms with Crippen molar-refractivity contribution in [3.8, 4) is 5.69 Å². The van der Waals surface area contributed by atoms with Gasteiger partial charge in [-0.2, -0.15) is 4.98 Å². The summed E-state index contributed by atoms with van der Waals surface area (Å²) < 4.78 is 1.46. The molecule has 3 amide bonds. The van der Waals surface area contributed by atoms with Gasteiger partial charge in [-0.3, -0.25) is 14.7 Å². The van der Waals surface area contributed by atoms with E-state index in [1.807, 2.05) is 12.1 Å². The third-order valence-electron chi connectivity index (χ3n) is 8.32. The Hall–Kier alpha value is -3.28. The molecule has 2 aromatic rings. The number of benzene rings is 1. The number of hydrogen-bond donors (Lipinski definition) is 3. The standard InChI is InChI=1S/C28H40N8O3/c1-18(29)24-21-16-33(17-22(21)24)10-8-19-4-6-20(7-5-19)36-11-9-23(32-27(36)39)31-26(38)35-14-12-34(13-15-35)25(37)28(2,3)30/h4-7,9,11,18,21-22,24H,8,10,12-17,29-30H2,1-3H3,(H,31,32,38,39)/t18?,21-,22+,24+. The predicted octanol–water partition coefficient (Wildman–Crippen LogP) is 0.713. The van der Waals surface area contributed by atoms with E-state index in [0.717, 1.165) is 43.6 Å². The number of urea groups is 1. The minimum absolute atomic E-state index is 0.139. The van der Waals surface area contributed by atoms with E-state index >= 15 is 0 Å². The van der Waals surface area contributed by atoms with Crippen LogP contribution in [0.4, 0.5) is 10.6 Å². The van der Waals surface area contributed by atoms with E-state index in [9.17, 15) is 14.4 Å². The van der Waals surface area contributed by atoms with Crippen molar-refractivity contribution in [1.82, 2.24) is 24.3 Å². The number of piperidine rings is 1. The molecule has 11 nitrogen and oxygen atoms in total. The van der Waals surface area contributed by atoms with Crippen LogP contribution in [0.15, 0.2) is 41.3 Å². The Morgan fingerprint density at radius 3 is 2.23 bits per heavy atom. The summed E-state index contributed by atoms with van der Waals surface area (Å²) in [6, 6.07) is 9.51. The second kappa shape index (κ2) is 10.7. The predicted molar refractivity (Wildman–Crippen MR) is 150 cm³/mol. The lowest BCUT2D eigenvalue weighted by Gasteiger charge is -2.37. The summed E-state index contributed by atoms with van der Waals surface area (Å²) in [4.78, 5) is 47.6. The normalized spacial score (nSPS) is 23.9. The lowest BCUT2D eigenvalue weighted by Crippen LogP contribution is -2.58. The largest absolute Gasteiger partial charge is 0.354 e. The molecule has 5 N–H and O–H groups in total. The van der Waals surface area contributed by atoms with Crippen LogP contribution in [0.1, 0.15) is 26.3 Å². The van der Waals surface area contributed by atoms with Crippen molar-refractivity contribution < 1.29 is 9.59 Å². The van der Waals surface area contributed by atoms with E-state index in [0.29, 0.717) is 38.1 Å². The topological polar surface area (TPSA) is 143 Å². The van der Waals surface area contributed by atoms with E-state index in [-0.39, 0.29) is 17.8 Å². The molecule has 5 rings (SSSR count). The van der Waals surface area contributed by atoms with Gasteiger partial charge in [0.15, 0.2) is 0 Å². The Balaban J connectivity index is 1.11. The average molecular weight is 537 g/mol. The quantitative estimate of drug-likeness (QED) is 0.473. The minimum Gasteiger partial charge on any atom is -0.338 e. The van der Waals surface area contributed by atoms with Gasteiger partial charge in [0, 0.05) is 58.1 Å². The molecule has 1 aliphatic carbocycles. The number of likely N-dealkylation sites (tertiary alicyclic amines) is 1. The number of nitrogens with zero attached hydrogens (tertiary/aromatic N) is 5. The van der Waals surface area contributed by atoms with Crippen LogP contribution in [0.25, 0.3) is 5.69 Å². The number of carbonyl (C=O) groups is 2. The molecule has 0 spiro atoms. The molecular formula is C28H40N8O3. The third kappa shape index (κ3) is 6.00. The van der Waals surface area contributed by atoms with Gasteiger partial charge < -0.3 is 26.2 Å². The van der Waals surface area contributed by atoms with E-state index in [1.165, 1.54) is 10.1 Å². The molecular weight excluding hydrogens is 496 g/mol. The molecule has 1 aromatic carbocycles. The Bertz CT molecular complexity index is 1250. The molecule has 2 aliphatic heterocycles. The van der Waals surface area contributed by atoms with E-state index < -0.39 is 11.2 Å². The molecule has 3 heterocycles. The molecule has 3 aliphatic rings. The fourth-order valence-corrected chi connectivity index (χ4v) is 6.11. The zero-order chi connectivity index (χ0) is 27.9. The van der Waals surface area contributed by atoms with E-state index in [1.54, 1.807) is 35.9 Å². The lowest BCUT2D eigenvalue weighted by molar-refractivity contribution is -0.137. The van der Waals surface area contributed by atoms with Gasteiger partial charge in [0.05, 0.1) is 11.2 Å². The van der Waals surface area contributed by atoms with Gasteiger partial charge in [-0.1, -0.05) is 12.1 Å². The van der Waals surface area contributed by atoms with Crippen LogP contribution in [0.5, 0.6) is 0 Å². The van der Waals surface area contributed by atoms with Gasteiger partial charge in [0.1, 0.15) is 5.82 Å². The first-order valence-electron chi connectivity index (χ1n) is 13.8. The van der Waals surface area contributed by atoms with Gasteiger partial charge >= 0.3 is 11.7 Å². The number of carbonyl (C=O) groups excluding carboxylic acids is 2. The summed E-state index contributed by atoms with van der Waals surface area (Å²) in [5, 5.41) is 2.70. The highest BCUT2D eigenvalue weighted by Crippen LogP contribution is 2.52. The van der Waals surface area contributed by atoms with Crippen molar-refractivity contribution in [3.05, 3.63) is 52.6 Å². The molecule has 11 heteroatoms. The molecule has 1 unspecified atom stereocenters. The van der Waals surface area contributed by atoms with Gasteiger partial charge in [0.25, 0.3) is 0 Å². The number of fused-ring (bicyclic) bond motifs is 1. The van der Waals surface area contributed by atoms with Gasteiger partial charge in [-0.05, 0) is 68.7 Å². The second-order valence-corrected chi connectivity index (χ2v) is 11.8. The maximum Gasteiger partial charge on any atom is 0.354 e. The number of amides is 3. The molecule has 3 fully saturated rings. The minimum atomic E-state index is -0.944. The molecule has 1 aromatic heterocycles. The van der Waals surface area contributed by atoms with Crippen LogP contribution in [-0.2, 0) is 11.2 Å². The monoisotopic (exact) mass is 536 g/mol. The zero-order valence-corrected chi connectivity index (χ0v) is 23.0. The highest BCUT2D eigenvalue weighted by molar-refractivity contribution is 5.89. The van der Waals surface area contributed by atoms with E-state index in [2.05, 4.69) is 34.3 Å². The summed E-state index contributed by atoms with van der Waals surface area (Å²) in [6.07, 6.45) is 2.58. The van der Waals surface area contributed by atoms with Crippen LogP contribution in [0, 0.1) is 17.8 Å². The maximum atomic E-state index is 12.7. The first-order valence-corrected chi connectivity index (χ1v) is 13.8.